The van der Waals surface area contributed by atoms with Gasteiger partial charge >= 0.3 is 0 Å². The monoisotopic (exact) mass is 609 g/mol. The first-order chi connectivity index (χ1) is 21.4. The molecule has 1 amide bonds. The zero-order valence-electron chi connectivity index (χ0n) is 24.6. The van der Waals surface area contributed by atoms with E-state index < -0.39 is 6.10 Å². The van der Waals surface area contributed by atoms with Gasteiger partial charge in [0.1, 0.15) is 11.5 Å². The van der Waals surface area contributed by atoms with Gasteiger partial charge in [-0.3, -0.25) is 14.7 Å². The van der Waals surface area contributed by atoms with Gasteiger partial charge in [-0.1, -0.05) is 66.2 Å². The fraction of sp³-hybridized carbons (Fsp3) is 0.222. The Morgan fingerprint density at radius 1 is 0.955 bits per heavy atom. The zero-order valence-corrected chi connectivity index (χ0v) is 25.3. The Balaban J connectivity index is 1.31. The van der Waals surface area contributed by atoms with E-state index in [0.717, 1.165) is 22.1 Å². The molecule has 0 radical (unpaired) electrons. The second-order valence-corrected chi connectivity index (χ2v) is 11.1. The van der Waals surface area contributed by atoms with Crippen molar-refractivity contribution in [2.75, 3.05) is 19.7 Å². The molecule has 0 aliphatic heterocycles. The number of halogens is 1. The van der Waals surface area contributed by atoms with Crippen molar-refractivity contribution in [3.8, 4) is 11.5 Å². The Morgan fingerprint density at radius 3 is 2.48 bits per heavy atom. The quantitative estimate of drug-likeness (QED) is 0.140. The van der Waals surface area contributed by atoms with Crippen LogP contribution in [-0.4, -0.2) is 51.7 Å². The van der Waals surface area contributed by atoms with Crippen molar-refractivity contribution >= 4 is 28.4 Å². The molecule has 5 rings (SSSR count). The van der Waals surface area contributed by atoms with E-state index in [9.17, 15) is 15.0 Å². The summed E-state index contributed by atoms with van der Waals surface area (Å²) in [6, 6.07) is 32.0. The minimum absolute atomic E-state index is 0.0748. The average Bonchev–Trinajstić information content (AvgIpc) is 3.04. The third kappa shape index (κ3) is 8.01. The van der Waals surface area contributed by atoms with E-state index in [-0.39, 0.29) is 18.6 Å². The first kappa shape index (κ1) is 31.2. The van der Waals surface area contributed by atoms with Gasteiger partial charge in [0.25, 0.3) is 5.91 Å². The summed E-state index contributed by atoms with van der Waals surface area (Å²) in [5, 5.41) is 25.8. The minimum Gasteiger partial charge on any atom is -0.457 e. The maximum atomic E-state index is 12.3. The molecule has 0 aliphatic carbocycles. The van der Waals surface area contributed by atoms with E-state index in [1.165, 1.54) is 0 Å². The summed E-state index contributed by atoms with van der Waals surface area (Å²) in [7, 11) is 0. The first-order valence-electron chi connectivity index (χ1n) is 14.7. The van der Waals surface area contributed by atoms with Crippen LogP contribution >= 0.6 is 11.6 Å². The number of aliphatic hydroxyl groups is 2. The van der Waals surface area contributed by atoms with E-state index in [1.54, 1.807) is 36.5 Å². The maximum Gasteiger partial charge on any atom is 0.251 e. The molecule has 0 unspecified atom stereocenters. The Hall–Kier alpha value is -4.27. The molecular formula is C36H36ClN3O4. The number of ether oxygens (including phenoxy) is 1. The number of hydrogen-bond donors (Lipinski definition) is 3. The van der Waals surface area contributed by atoms with Gasteiger partial charge in [0, 0.05) is 47.8 Å². The highest BCUT2D eigenvalue weighted by Crippen LogP contribution is 2.30. The molecule has 0 saturated carbocycles. The van der Waals surface area contributed by atoms with Crippen LogP contribution < -0.4 is 10.1 Å². The van der Waals surface area contributed by atoms with Crippen LogP contribution in [0.3, 0.4) is 0 Å². The van der Waals surface area contributed by atoms with Crippen molar-refractivity contribution in [3.05, 3.63) is 137 Å². The van der Waals surface area contributed by atoms with Gasteiger partial charge in [-0.15, -0.1) is 0 Å². The van der Waals surface area contributed by atoms with Gasteiger partial charge in [-0.2, -0.15) is 0 Å². The molecule has 2 atom stereocenters. The molecule has 0 saturated heterocycles. The number of aliphatic hydroxyl groups excluding tert-OH is 2. The summed E-state index contributed by atoms with van der Waals surface area (Å²) in [6.45, 7) is 3.26. The van der Waals surface area contributed by atoms with Crippen molar-refractivity contribution in [3.63, 3.8) is 0 Å². The number of fused-ring (bicyclic) bond motifs is 1. The molecule has 1 aromatic heterocycles. The van der Waals surface area contributed by atoms with E-state index in [1.807, 2.05) is 79.7 Å². The molecule has 7 nitrogen and oxygen atoms in total. The number of carbonyl (C=O) groups excluding carboxylic acids is 1. The van der Waals surface area contributed by atoms with Crippen molar-refractivity contribution in [2.24, 2.45) is 0 Å². The molecular weight excluding hydrogens is 574 g/mol. The second-order valence-electron chi connectivity index (χ2n) is 10.7. The average molecular weight is 610 g/mol. The largest absolute Gasteiger partial charge is 0.457 e. The standard InChI is InChI=1S/C36H36ClN3O4/c1-2-38-36(43)28-13-16-32-33(21-28)39-18-17-35(32)44-31-14-11-25(12-15-31)19-30(24-41)40(22-26-7-4-3-5-8-26)23-34(42)27-9-6-10-29(37)20-27/h3-18,20-21,30,34,41-42H,2,19,22-24H2,1H3,(H,38,43)/t30-,34-/m0/s1. The maximum absolute atomic E-state index is 12.3. The lowest BCUT2D eigenvalue weighted by atomic mass is 10.0. The molecule has 0 aliphatic rings. The molecule has 5 aromatic rings. The van der Waals surface area contributed by atoms with Crippen LogP contribution in [0.2, 0.25) is 5.02 Å². The van der Waals surface area contributed by atoms with Crippen LogP contribution in [0.4, 0.5) is 0 Å². The summed E-state index contributed by atoms with van der Waals surface area (Å²) < 4.78 is 6.22. The molecule has 0 fully saturated rings. The van der Waals surface area contributed by atoms with Gasteiger partial charge in [-0.25, -0.2) is 0 Å². The molecule has 0 bridgehead atoms. The molecule has 3 N–H and O–H groups in total. The third-order valence-corrected chi connectivity index (χ3v) is 7.76. The van der Waals surface area contributed by atoms with Gasteiger partial charge in [-0.05, 0) is 78.6 Å². The summed E-state index contributed by atoms with van der Waals surface area (Å²) in [6.07, 6.45) is 1.47. The molecule has 8 heteroatoms. The fourth-order valence-corrected chi connectivity index (χ4v) is 5.42. The lowest BCUT2D eigenvalue weighted by molar-refractivity contribution is 0.0566. The van der Waals surface area contributed by atoms with Gasteiger partial charge in [0.05, 0.1) is 18.2 Å². The second kappa shape index (κ2) is 14.9. The summed E-state index contributed by atoms with van der Waals surface area (Å²) in [5.41, 5.74) is 4.08. The number of carbonyl (C=O) groups is 1. The highest BCUT2D eigenvalue weighted by Gasteiger charge is 2.23. The van der Waals surface area contributed by atoms with Crippen LogP contribution in [-0.2, 0) is 13.0 Å². The topological polar surface area (TPSA) is 94.9 Å². The van der Waals surface area contributed by atoms with E-state index >= 15 is 0 Å². The number of benzene rings is 4. The lowest BCUT2D eigenvalue weighted by Gasteiger charge is -2.32. The Kier molecular flexibility index (Phi) is 10.6. The number of rotatable bonds is 13. The highest BCUT2D eigenvalue weighted by molar-refractivity contribution is 6.30. The normalized spacial score (nSPS) is 12.7. The third-order valence-electron chi connectivity index (χ3n) is 7.52. The van der Waals surface area contributed by atoms with Crippen molar-refractivity contribution < 1.29 is 19.7 Å². The Labute approximate surface area is 262 Å². The molecule has 226 valence electrons. The van der Waals surface area contributed by atoms with Gasteiger partial charge in [0.15, 0.2) is 0 Å². The number of pyridine rings is 1. The summed E-state index contributed by atoms with van der Waals surface area (Å²) in [5.74, 6) is 1.16. The number of nitrogens with one attached hydrogen (secondary N) is 1. The molecule has 1 heterocycles. The summed E-state index contributed by atoms with van der Waals surface area (Å²) in [4.78, 5) is 18.8. The molecule has 44 heavy (non-hydrogen) atoms. The van der Waals surface area contributed by atoms with Crippen molar-refractivity contribution in [1.82, 2.24) is 15.2 Å². The smallest absolute Gasteiger partial charge is 0.251 e. The van der Waals surface area contributed by atoms with Crippen LogP contribution in [0.25, 0.3) is 10.9 Å². The Morgan fingerprint density at radius 2 is 1.75 bits per heavy atom. The predicted molar refractivity (Wildman–Crippen MR) is 174 cm³/mol. The minimum atomic E-state index is -0.769. The molecule has 0 spiro atoms. The van der Waals surface area contributed by atoms with Gasteiger partial charge < -0.3 is 20.3 Å². The van der Waals surface area contributed by atoms with Crippen LogP contribution in [0.15, 0.2) is 109 Å². The van der Waals surface area contributed by atoms with E-state index in [2.05, 4.69) is 15.2 Å². The predicted octanol–water partition coefficient (Wildman–Crippen LogP) is 6.57. The van der Waals surface area contributed by atoms with E-state index in [0.29, 0.717) is 53.7 Å². The van der Waals surface area contributed by atoms with Crippen LogP contribution in [0.1, 0.15) is 40.1 Å². The Bertz CT molecular complexity index is 1680. The van der Waals surface area contributed by atoms with Crippen LogP contribution in [0, 0.1) is 0 Å². The van der Waals surface area contributed by atoms with E-state index in [4.69, 9.17) is 16.3 Å². The SMILES string of the molecule is CCNC(=O)c1ccc2c(Oc3ccc(C[C@@H](CO)N(Cc4ccccc4)C[C@H](O)c4cccc(Cl)c4)cc3)ccnc2c1. The number of nitrogens with zero attached hydrogens (tertiary/aromatic N) is 2. The lowest BCUT2D eigenvalue weighted by Crippen LogP contribution is -2.41. The van der Waals surface area contributed by atoms with Crippen molar-refractivity contribution in [2.45, 2.75) is 32.0 Å². The number of hydrogen-bond acceptors (Lipinski definition) is 6. The first-order valence-corrected chi connectivity index (χ1v) is 15.1. The highest BCUT2D eigenvalue weighted by atomic mass is 35.5. The van der Waals surface area contributed by atoms with Crippen molar-refractivity contribution in [1.29, 1.82) is 0 Å². The fourth-order valence-electron chi connectivity index (χ4n) is 5.22. The molecule has 4 aromatic carbocycles. The number of amides is 1. The summed E-state index contributed by atoms with van der Waals surface area (Å²) >= 11 is 6.18. The zero-order chi connectivity index (χ0) is 30.9. The number of aromatic nitrogens is 1. The van der Waals surface area contributed by atoms with Gasteiger partial charge in [0.2, 0.25) is 0 Å². The van der Waals surface area contributed by atoms with Crippen LogP contribution in [0.5, 0.6) is 11.5 Å².